The molecule has 0 radical (unpaired) electrons. The minimum Gasteiger partial charge on any atom is -0.372 e. The normalized spacial score (nSPS) is 30.0. The van der Waals surface area contributed by atoms with Gasteiger partial charge in [-0.15, -0.1) is 0 Å². The topological polar surface area (TPSA) is 48.1 Å². The maximum absolute atomic E-state index is 3.47. The van der Waals surface area contributed by atoms with Crippen molar-refractivity contribution >= 4 is 5.69 Å². The number of anilines is 1. The Hall–Kier alpha value is -1.10. The lowest BCUT2D eigenvalue weighted by Gasteiger charge is -2.37. The molecule has 1 unspecified atom stereocenters. The molecule has 14 heavy (non-hydrogen) atoms. The van der Waals surface area contributed by atoms with Gasteiger partial charge in [-0.25, -0.2) is 0 Å². The van der Waals surface area contributed by atoms with E-state index in [0.29, 0.717) is 0 Å². The highest BCUT2D eigenvalue weighted by molar-refractivity contribution is 5.56. The number of hydrogen-bond donors (Lipinski definition) is 4. The molecule has 1 saturated heterocycles. The largest absolute Gasteiger partial charge is 0.372 e. The van der Waals surface area contributed by atoms with Crippen molar-refractivity contribution in [2.45, 2.75) is 5.66 Å². The van der Waals surface area contributed by atoms with Crippen molar-refractivity contribution in [1.82, 2.24) is 16.0 Å². The van der Waals surface area contributed by atoms with Crippen molar-refractivity contribution in [1.29, 1.82) is 0 Å². The van der Waals surface area contributed by atoms with Gasteiger partial charge in [0.2, 0.25) is 0 Å². The first-order chi connectivity index (χ1) is 6.91. The Labute approximate surface area is 83.1 Å². The second-order valence-electron chi connectivity index (χ2n) is 3.76. The molecule has 4 nitrogen and oxygen atoms in total. The zero-order valence-electron chi connectivity index (χ0n) is 7.93. The second-order valence-corrected chi connectivity index (χ2v) is 3.76. The van der Waals surface area contributed by atoms with Gasteiger partial charge in [-0.3, -0.25) is 10.6 Å². The number of fused-ring (bicyclic) bond motifs is 2. The summed E-state index contributed by atoms with van der Waals surface area (Å²) in [5, 5.41) is 13.6. The molecule has 2 aliphatic heterocycles. The molecule has 3 rings (SSSR count). The van der Waals surface area contributed by atoms with Gasteiger partial charge in [-0.05, 0) is 6.07 Å². The maximum atomic E-state index is 3.47. The molecule has 0 aliphatic carbocycles. The number of nitrogens with one attached hydrogen (secondary N) is 4. The Balaban J connectivity index is 2.10. The van der Waals surface area contributed by atoms with Crippen molar-refractivity contribution in [2.24, 2.45) is 0 Å². The lowest BCUT2D eigenvalue weighted by molar-refractivity contribution is 0.323. The molecule has 0 bridgehead atoms. The molecule has 74 valence electrons. The first kappa shape index (κ1) is 8.23. The van der Waals surface area contributed by atoms with Crippen LogP contribution in [0.25, 0.3) is 0 Å². The van der Waals surface area contributed by atoms with Crippen LogP contribution in [0.15, 0.2) is 24.3 Å². The molecule has 2 aliphatic rings. The van der Waals surface area contributed by atoms with E-state index in [2.05, 4.69) is 45.5 Å². The summed E-state index contributed by atoms with van der Waals surface area (Å²) < 4.78 is 0. The zero-order valence-corrected chi connectivity index (χ0v) is 7.93. The van der Waals surface area contributed by atoms with Crippen LogP contribution in [0.1, 0.15) is 5.56 Å². The minimum absolute atomic E-state index is 0.0676. The van der Waals surface area contributed by atoms with E-state index >= 15 is 0 Å². The van der Waals surface area contributed by atoms with Crippen molar-refractivity contribution in [3.63, 3.8) is 0 Å². The molecular weight excluding hydrogens is 176 g/mol. The SMILES string of the molecule is c1ccc2c(c1)NCNC21CNCN1. The maximum Gasteiger partial charge on any atom is 0.112 e. The number of para-hydroxylation sites is 1. The van der Waals surface area contributed by atoms with Gasteiger partial charge in [0.05, 0.1) is 6.67 Å². The predicted octanol–water partition coefficient (Wildman–Crippen LogP) is -0.0377. The van der Waals surface area contributed by atoms with Crippen LogP contribution in [-0.4, -0.2) is 19.9 Å². The average Bonchev–Trinajstić information content (AvgIpc) is 2.68. The van der Waals surface area contributed by atoms with E-state index in [9.17, 15) is 0 Å². The summed E-state index contributed by atoms with van der Waals surface area (Å²) in [6.45, 7) is 2.61. The number of hydrogen-bond acceptors (Lipinski definition) is 4. The quantitative estimate of drug-likeness (QED) is 0.464. The van der Waals surface area contributed by atoms with E-state index in [-0.39, 0.29) is 5.66 Å². The Morgan fingerprint density at radius 3 is 2.79 bits per heavy atom. The summed E-state index contributed by atoms with van der Waals surface area (Å²) in [6, 6.07) is 8.43. The molecule has 0 aromatic heterocycles. The van der Waals surface area contributed by atoms with Crippen LogP contribution in [0.5, 0.6) is 0 Å². The van der Waals surface area contributed by atoms with E-state index in [1.54, 1.807) is 0 Å². The number of rotatable bonds is 0. The Morgan fingerprint density at radius 1 is 1.07 bits per heavy atom. The van der Waals surface area contributed by atoms with E-state index in [1.807, 2.05) is 0 Å². The zero-order chi connectivity index (χ0) is 9.43. The highest BCUT2D eigenvalue weighted by atomic mass is 15.4. The molecule has 1 aromatic carbocycles. The van der Waals surface area contributed by atoms with Crippen LogP contribution in [0.4, 0.5) is 5.69 Å². The molecule has 0 saturated carbocycles. The van der Waals surface area contributed by atoms with Crippen LogP contribution in [0.3, 0.4) is 0 Å². The van der Waals surface area contributed by atoms with Crippen molar-refractivity contribution < 1.29 is 0 Å². The lowest BCUT2D eigenvalue weighted by Crippen LogP contribution is -2.56. The van der Waals surface area contributed by atoms with Gasteiger partial charge in [0, 0.05) is 24.5 Å². The van der Waals surface area contributed by atoms with E-state index in [1.165, 1.54) is 11.3 Å². The fourth-order valence-electron chi connectivity index (χ4n) is 2.24. The number of benzene rings is 1. The fourth-order valence-corrected chi connectivity index (χ4v) is 2.24. The van der Waals surface area contributed by atoms with Crippen LogP contribution in [0.2, 0.25) is 0 Å². The summed E-state index contributed by atoms with van der Waals surface area (Å²) in [4.78, 5) is 0. The Bertz CT molecular complexity index is 344. The highest BCUT2D eigenvalue weighted by Gasteiger charge is 2.38. The van der Waals surface area contributed by atoms with Gasteiger partial charge in [-0.2, -0.15) is 0 Å². The summed E-state index contributed by atoms with van der Waals surface area (Å²) in [5.41, 5.74) is 2.46. The van der Waals surface area contributed by atoms with Crippen LogP contribution >= 0.6 is 0 Å². The van der Waals surface area contributed by atoms with Crippen LogP contribution in [-0.2, 0) is 5.66 Å². The summed E-state index contributed by atoms with van der Waals surface area (Å²) in [7, 11) is 0. The van der Waals surface area contributed by atoms with Gasteiger partial charge in [0.15, 0.2) is 0 Å². The van der Waals surface area contributed by atoms with Crippen LogP contribution in [0, 0.1) is 0 Å². The first-order valence-corrected chi connectivity index (χ1v) is 4.95. The van der Waals surface area contributed by atoms with E-state index in [0.717, 1.165) is 19.9 Å². The van der Waals surface area contributed by atoms with Crippen molar-refractivity contribution in [3.8, 4) is 0 Å². The fraction of sp³-hybridized carbons (Fsp3) is 0.400. The molecule has 4 N–H and O–H groups in total. The van der Waals surface area contributed by atoms with Gasteiger partial charge in [0.25, 0.3) is 0 Å². The summed E-state index contributed by atoms with van der Waals surface area (Å²) in [6.07, 6.45) is 0. The average molecular weight is 190 g/mol. The van der Waals surface area contributed by atoms with Gasteiger partial charge in [0.1, 0.15) is 5.66 Å². The second kappa shape index (κ2) is 2.95. The molecule has 0 amide bonds. The smallest absolute Gasteiger partial charge is 0.112 e. The summed E-state index contributed by atoms with van der Waals surface area (Å²) in [5.74, 6) is 0. The molecular formula is C10H14N4. The predicted molar refractivity (Wildman–Crippen MR) is 55.8 cm³/mol. The standard InChI is InChI=1S/C10H14N4/c1-2-4-9-8(3-1)10(14-7-12-9)5-11-6-13-10/h1-4,11-14H,5-7H2. The third-order valence-corrected chi connectivity index (χ3v) is 2.96. The lowest BCUT2D eigenvalue weighted by atomic mass is 9.96. The molecule has 1 spiro atoms. The summed E-state index contributed by atoms with van der Waals surface area (Å²) >= 11 is 0. The highest BCUT2D eigenvalue weighted by Crippen LogP contribution is 2.29. The van der Waals surface area contributed by atoms with Gasteiger partial charge in [-0.1, -0.05) is 18.2 Å². The van der Waals surface area contributed by atoms with E-state index < -0.39 is 0 Å². The molecule has 1 fully saturated rings. The van der Waals surface area contributed by atoms with E-state index in [4.69, 9.17) is 0 Å². The molecule has 4 heteroatoms. The Morgan fingerprint density at radius 2 is 1.93 bits per heavy atom. The molecule has 2 heterocycles. The Kier molecular flexibility index (Phi) is 1.73. The van der Waals surface area contributed by atoms with Crippen molar-refractivity contribution in [3.05, 3.63) is 29.8 Å². The third-order valence-electron chi connectivity index (χ3n) is 2.96. The van der Waals surface area contributed by atoms with Crippen molar-refractivity contribution in [2.75, 3.05) is 25.2 Å². The first-order valence-electron chi connectivity index (χ1n) is 4.95. The molecule has 1 atom stereocenters. The van der Waals surface area contributed by atoms with Crippen LogP contribution < -0.4 is 21.3 Å². The monoisotopic (exact) mass is 190 g/mol. The van der Waals surface area contributed by atoms with Gasteiger partial charge >= 0.3 is 0 Å². The van der Waals surface area contributed by atoms with Gasteiger partial charge < -0.3 is 10.6 Å². The minimum atomic E-state index is -0.0676. The molecule has 1 aromatic rings. The third kappa shape index (κ3) is 1.05.